The van der Waals surface area contributed by atoms with Gasteiger partial charge in [-0.3, -0.25) is 14.3 Å². The van der Waals surface area contributed by atoms with Crippen molar-refractivity contribution >= 4 is 21.6 Å². The minimum Gasteiger partial charge on any atom is -0.297 e. The van der Waals surface area contributed by atoms with Crippen LogP contribution < -0.4 is 5.56 Å². The van der Waals surface area contributed by atoms with E-state index < -0.39 is 0 Å². The molecule has 6 heteroatoms. The van der Waals surface area contributed by atoms with E-state index in [4.69, 9.17) is 5.26 Å². The summed E-state index contributed by atoms with van der Waals surface area (Å²) in [5, 5.41) is 10.9. The van der Waals surface area contributed by atoms with Crippen molar-refractivity contribution in [3.63, 3.8) is 0 Å². The van der Waals surface area contributed by atoms with Crippen LogP contribution in [0, 0.1) is 11.3 Å². The lowest BCUT2D eigenvalue weighted by Crippen LogP contribution is -2.31. The van der Waals surface area contributed by atoms with Crippen LogP contribution in [0.1, 0.15) is 5.56 Å². The van der Waals surface area contributed by atoms with Gasteiger partial charge < -0.3 is 0 Å². The molecule has 0 aliphatic heterocycles. The van der Waals surface area contributed by atoms with E-state index in [0.29, 0.717) is 30.9 Å². The van der Waals surface area contributed by atoms with Crippen molar-refractivity contribution in [2.75, 3.05) is 13.1 Å². The summed E-state index contributed by atoms with van der Waals surface area (Å²) in [6, 6.07) is 14.1. The summed E-state index contributed by atoms with van der Waals surface area (Å²) in [5.74, 6) is 0. The third-order valence-corrected chi connectivity index (χ3v) is 4.53. The Morgan fingerprint density at radius 1 is 1.26 bits per heavy atom. The smallest absolute Gasteiger partial charge is 0.271 e. The molecule has 0 saturated carbocycles. The zero-order valence-corrected chi connectivity index (χ0v) is 13.4. The Hall–Kier alpha value is -2.49. The minimum atomic E-state index is -0.0124. The molecule has 116 valence electrons. The molecule has 5 nitrogen and oxygen atoms in total. The van der Waals surface area contributed by atoms with Crippen molar-refractivity contribution in [3.05, 3.63) is 64.0 Å². The van der Waals surface area contributed by atoms with Gasteiger partial charge in [0, 0.05) is 19.6 Å². The lowest BCUT2D eigenvalue weighted by Gasteiger charge is -2.19. The van der Waals surface area contributed by atoms with E-state index in [-0.39, 0.29) is 5.56 Å². The van der Waals surface area contributed by atoms with Crippen molar-refractivity contribution in [2.24, 2.45) is 0 Å². The summed E-state index contributed by atoms with van der Waals surface area (Å²) in [6.45, 7) is 2.17. The van der Waals surface area contributed by atoms with E-state index in [2.05, 4.69) is 11.1 Å². The Labute approximate surface area is 138 Å². The lowest BCUT2D eigenvalue weighted by molar-refractivity contribution is 0.283. The van der Waals surface area contributed by atoms with Gasteiger partial charge in [-0.15, -0.1) is 11.3 Å². The summed E-state index contributed by atoms with van der Waals surface area (Å²) in [5.41, 5.74) is 1.89. The van der Waals surface area contributed by atoms with Crippen LogP contribution >= 0.6 is 11.3 Å². The number of hydrogen-bond donors (Lipinski definition) is 0. The highest BCUT2D eigenvalue weighted by Gasteiger charge is 2.09. The molecule has 23 heavy (non-hydrogen) atoms. The normalized spacial score (nSPS) is 11.0. The Bertz CT molecular complexity index is 879. The van der Waals surface area contributed by atoms with Crippen molar-refractivity contribution in [3.8, 4) is 6.07 Å². The van der Waals surface area contributed by atoms with E-state index in [0.717, 1.165) is 11.1 Å². The number of thiophene rings is 1. The second-order valence-electron chi connectivity index (χ2n) is 5.23. The third-order valence-electron chi connectivity index (χ3n) is 3.64. The van der Waals surface area contributed by atoms with Gasteiger partial charge in [0.25, 0.3) is 5.56 Å². The monoisotopic (exact) mass is 324 g/mol. The van der Waals surface area contributed by atoms with Gasteiger partial charge >= 0.3 is 0 Å². The Kier molecular flexibility index (Phi) is 4.81. The average Bonchev–Trinajstić information content (AvgIpc) is 3.05. The molecule has 0 unspecified atom stereocenters. The highest BCUT2D eigenvalue weighted by atomic mass is 32.1. The average molecular weight is 324 g/mol. The van der Waals surface area contributed by atoms with Crippen LogP contribution in [-0.2, 0) is 13.1 Å². The maximum atomic E-state index is 12.4. The molecule has 2 aromatic heterocycles. The predicted octanol–water partition coefficient (Wildman–Crippen LogP) is 2.48. The number of aromatic nitrogens is 2. The van der Waals surface area contributed by atoms with Crippen LogP contribution in [0.2, 0.25) is 0 Å². The van der Waals surface area contributed by atoms with Crippen molar-refractivity contribution < 1.29 is 0 Å². The molecule has 0 bridgehead atoms. The van der Waals surface area contributed by atoms with Crippen LogP contribution in [-0.4, -0.2) is 27.5 Å². The number of rotatable bonds is 6. The zero-order valence-electron chi connectivity index (χ0n) is 12.6. The fourth-order valence-corrected chi connectivity index (χ4v) is 3.24. The molecule has 0 saturated heterocycles. The molecule has 2 heterocycles. The molecule has 0 spiro atoms. The van der Waals surface area contributed by atoms with Gasteiger partial charge in [0.2, 0.25) is 0 Å². The summed E-state index contributed by atoms with van der Waals surface area (Å²) in [7, 11) is 0. The van der Waals surface area contributed by atoms with Crippen LogP contribution in [0.15, 0.2) is 52.9 Å². The molecule has 0 N–H and O–H groups in total. The number of nitriles is 1. The Balaban J connectivity index is 1.71. The summed E-state index contributed by atoms with van der Waals surface area (Å²) < 4.78 is 2.30. The fourth-order valence-electron chi connectivity index (χ4n) is 2.44. The first-order valence-electron chi connectivity index (χ1n) is 7.34. The zero-order chi connectivity index (χ0) is 16.1. The topological polar surface area (TPSA) is 61.9 Å². The number of nitrogens with zero attached hydrogens (tertiary/aromatic N) is 4. The molecule has 1 aromatic carbocycles. The first kappa shape index (κ1) is 15.4. The maximum absolute atomic E-state index is 12.4. The molecule has 0 atom stereocenters. The van der Waals surface area contributed by atoms with Gasteiger partial charge in [0.05, 0.1) is 24.5 Å². The van der Waals surface area contributed by atoms with Crippen LogP contribution in [0.4, 0.5) is 0 Å². The first-order chi connectivity index (χ1) is 11.3. The number of hydrogen-bond acceptors (Lipinski definition) is 5. The summed E-state index contributed by atoms with van der Waals surface area (Å²) in [4.78, 5) is 18.7. The second kappa shape index (κ2) is 7.18. The van der Waals surface area contributed by atoms with Gasteiger partial charge in [-0.1, -0.05) is 30.3 Å². The van der Waals surface area contributed by atoms with E-state index in [1.54, 1.807) is 10.9 Å². The number of fused-ring (bicyclic) bond motifs is 1. The van der Waals surface area contributed by atoms with Crippen molar-refractivity contribution in [1.82, 2.24) is 14.5 Å². The first-order valence-corrected chi connectivity index (χ1v) is 8.22. The highest BCUT2D eigenvalue weighted by molar-refractivity contribution is 7.17. The van der Waals surface area contributed by atoms with Crippen LogP contribution in [0.25, 0.3) is 10.2 Å². The van der Waals surface area contributed by atoms with E-state index in [1.807, 2.05) is 46.7 Å². The molecule has 0 aliphatic rings. The lowest BCUT2D eigenvalue weighted by atomic mass is 10.2. The third kappa shape index (κ3) is 3.65. The largest absolute Gasteiger partial charge is 0.297 e. The van der Waals surface area contributed by atoms with E-state index >= 15 is 0 Å². The highest BCUT2D eigenvalue weighted by Crippen LogP contribution is 2.13. The van der Waals surface area contributed by atoms with E-state index in [9.17, 15) is 4.79 Å². The van der Waals surface area contributed by atoms with Gasteiger partial charge in [0.1, 0.15) is 4.70 Å². The summed E-state index contributed by atoms with van der Waals surface area (Å²) in [6.07, 6.45) is 1.59. The molecular formula is C17H16N4OS. The van der Waals surface area contributed by atoms with Crippen LogP contribution in [0.5, 0.6) is 0 Å². The van der Waals surface area contributed by atoms with Crippen LogP contribution in [0.3, 0.4) is 0 Å². The summed E-state index contributed by atoms with van der Waals surface area (Å²) >= 11 is 1.41. The molecule has 0 fully saturated rings. The van der Waals surface area contributed by atoms with Gasteiger partial charge in [-0.2, -0.15) is 5.26 Å². The number of benzene rings is 1. The molecule has 0 amide bonds. The molecular weight excluding hydrogens is 308 g/mol. The van der Waals surface area contributed by atoms with Gasteiger partial charge in [-0.25, -0.2) is 4.98 Å². The Morgan fingerprint density at radius 3 is 2.87 bits per heavy atom. The van der Waals surface area contributed by atoms with Crippen molar-refractivity contribution in [2.45, 2.75) is 13.1 Å². The molecule has 3 rings (SSSR count). The SMILES string of the molecule is N#CCN(CCn1cnc2ccsc2c1=O)Cc1ccccc1. The van der Waals surface area contributed by atoms with E-state index in [1.165, 1.54) is 11.3 Å². The molecule has 3 aromatic rings. The fraction of sp³-hybridized carbons (Fsp3) is 0.235. The Morgan fingerprint density at radius 2 is 2.09 bits per heavy atom. The second-order valence-corrected chi connectivity index (χ2v) is 6.15. The molecule has 0 radical (unpaired) electrons. The standard InChI is InChI=1S/C17H16N4OS/c18-7-8-20(12-14-4-2-1-3-5-14)9-10-21-13-19-15-6-11-23-16(15)17(21)22/h1-6,11,13H,8-10,12H2. The maximum Gasteiger partial charge on any atom is 0.271 e. The quantitative estimate of drug-likeness (QED) is 0.654. The predicted molar refractivity (Wildman–Crippen MR) is 91.2 cm³/mol. The van der Waals surface area contributed by atoms with Crippen molar-refractivity contribution in [1.29, 1.82) is 5.26 Å². The molecule has 0 aliphatic carbocycles. The van der Waals surface area contributed by atoms with Gasteiger partial charge in [-0.05, 0) is 17.0 Å². The van der Waals surface area contributed by atoms with Gasteiger partial charge in [0.15, 0.2) is 0 Å². The minimum absolute atomic E-state index is 0.0124.